The molecule has 0 unspecified atom stereocenters. The van der Waals surface area contributed by atoms with Gasteiger partial charge < -0.3 is 23.7 Å². The first kappa shape index (κ1) is 24.5. The summed E-state index contributed by atoms with van der Waals surface area (Å²) in [6.45, 7) is 1.76. The number of hydrogen-bond donors (Lipinski definition) is 0. The van der Waals surface area contributed by atoms with Crippen LogP contribution in [-0.2, 0) is 19.6 Å². The van der Waals surface area contributed by atoms with E-state index in [1.165, 1.54) is 56.8 Å². The quantitative estimate of drug-likeness (QED) is 0.242. The van der Waals surface area contributed by atoms with Crippen LogP contribution in [0.1, 0.15) is 65.6 Å². The highest BCUT2D eigenvalue weighted by molar-refractivity contribution is 5.92. The van der Waals surface area contributed by atoms with Crippen LogP contribution in [0.25, 0.3) is 11.6 Å². The van der Waals surface area contributed by atoms with E-state index in [1.54, 1.807) is 19.2 Å². The molecule has 4 fully saturated rings. The zero-order chi connectivity index (χ0) is 25.4. The Morgan fingerprint density at radius 3 is 2.43 bits per heavy atom. The first-order chi connectivity index (χ1) is 18.1. The van der Waals surface area contributed by atoms with Crippen molar-refractivity contribution >= 4 is 17.6 Å². The maximum Gasteiger partial charge on any atom is 0.337 e. The van der Waals surface area contributed by atoms with E-state index < -0.39 is 0 Å². The minimum absolute atomic E-state index is 0.191. The molecule has 0 aromatic heterocycles. The van der Waals surface area contributed by atoms with E-state index in [0.29, 0.717) is 31.1 Å². The molecular formula is C31H36O6. The number of esters is 1. The second-order valence-electron chi connectivity index (χ2n) is 11.3. The lowest BCUT2D eigenvalue weighted by Crippen LogP contribution is -2.48. The smallest absolute Gasteiger partial charge is 0.337 e. The van der Waals surface area contributed by atoms with Crippen LogP contribution in [-0.4, -0.2) is 46.8 Å². The third kappa shape index (κ3) is 4.77. The summed E-state index contributed by atoms with van der Waals surface area (Å²) < 4.78 is 28.0. The van der Waals surface area contributed by atoms with E-state index in [1.807, 2.05) is 6.07 Å². The van der Waals surface area contributed by atoms with E-state index in [4.69, 9.17) is 23.7 Å². The Morgan fingerprint density at radius 2 is 1.73 bits per heavy atom. The van der Waals surface area contributed by atoms with Crippen LogP contribution in [0.15, 0.2) is 36.4 Å². The largest absolute Gasteiger partial charge is 0.488 e. The fourth-order valence-corrected chi connectivity index (χ4v) is 7.59. The highest BCUT2D eigenvalue weighted by Gasteiger charge is 2.52. The van der Waals surface area contributed by atoms with Gasteiger partial charge in [0.1, 0.15) is 18.1 Å². The summed E-state index contributed by atoms with van der Waals surface area (Å²) in [5, 5.41) is 0. The molecule has 0 radical (unpaired) electrons. The second-order valence-corrected chi connectivity index (χ2v) is 11.3. The monoisotopic (exact) mass is 504 g/mol. The van der Waals surface area contributed by atoms with Crippen LogP contribution >= 0.6 is 0 Å². The third-order valence-corrected chi connectivity index (χ3v) is 8.84. The van der Waals surface area contributed by atoms with E-state index >= 15 is 0 Å². The molecule has 0 atom stereocenters. The van der Waals surface area contributed by atoms with Crippen molar-refractivity contribution in [3.05, 3.63) is 58.7 Å². The molecule has 1 heterocycles. The molecule has 5 aliphatic rings. The first-order valence-electron chi connectivity index (χ1n) is 13.5. The summed E-state index contributed by atoms with van der Waals surface area (Å²) in [5.41, 5.74) is 5.30. The SMILES string of the molecule is COCCOCOc1ccc(C2=Cc3ccc(C(=O)OC)cc3OC2)cc1C12CC3CC(CC(C3)C1)C2. The van der Waals surface area contributed by atoms with Gasteiger partial charge in [0, 0.05) is 18.2 Å². The third-order valence-electron chi connectivity index (χ3n) is 8.84. The number of methoxy groups -OCH3 is 2. The zero-order valence-corrected chi connectivity index (χ0v) is 21.8. The molecule has 37 heavy (non-hydrogen) atoms. The van der Waals surface area contributed by atoms with Crippen LogP contribution < -0.4 is 9.47 Å². The summed E-state index contributed by atoms with van der Waals surface area (Å²) in [6, 6.07) is 12.1. The Kier molecular flexibility index (Phi) is 6.72. The van der Waals surface area contributed by atoms with E-state index in [-0.39, 0.29) is 18.2 Å². The van der Waals surface area contributed by atoms with Gasteiger partial charge in [0.05, 0.1) is 25.9 Å². The fourth-order valence-electron chi connectivity index (χ4n) is 7.59. The molecule has 4 saturated carbocycles. The molecule has 2 aromatic carbocycles. The van der Waals surface area contributed by atoms with Crippen molar-refractivity contribution in [2.75, 3.05) is 40.8 Å². The molecule has 1 aliphatic heterocycles. The normalized spacial score (nSPS) is 27.3. The van der Waals surface area contributed by atoms with Crippen LogP contribution in [0.4, 0.5) is 0 Å². The van der Waals surface area contributed by atoms with Gasteiger partial charge in [-0.25, -0.2) is 4.79 Å². The van der Waals surface area contributed by atoms with Gasteiger partial charge in [-0.15, -0.1) is 0 Å². The molecule has 0 spiro atoms. The molecular weight excluding hydrogens is 468 g/mol. The van der Waals surface area contributed by atoms with Gasteiger partial charge >= 0.3 is 5.97 Å². The summed E-state index contributed by atoms with van der Waals surface area (Å²) in [6.07, 6.45) is 10.2. The van der Waals surface area contributed by atoms with Crippen molar-refractivity contribution in [1.29, 1.82) is 0 Å². The predicted molar refractivity (Wildman–Crippen MR) is 141 cm³/mol. The van der Waals surface area contributed by atoms with Crippen molar-refractivity contribution in [2.24, 2.45) is 17.8 Å². The van der Waals surface area contributed by atoms with Gasteiger partial charge in [0.15, 0.2) is 6.79 Å². The average molecular weight is 505 g/mol. The molecule has 196 valence electrons. The number of carbonyl (C=O) groups excluding carboxylic acids is 1. The van der Waals surface area contributed by atoms with Crippen LogP contribution in [0.3, 0.4) is 0 Å². The fraction of sp³-hybridized carbons (Fsp3) is 0.516. The van der Waals surface area contributed by atoms with Crippen molar-refractivity contribution in [1.82, 2.24) is 0 Å². The Bertz CT molecular complexity index is 1160. The molecule has 0 amide bonds. The highest BCUT2D eigenvalue weighted by Crippen LogP contribution is 2.62. The van der Waals surface area contributed by atoms with Crippen molar-refractivity contribution in [2.45, 2.75) is 43.9 Å². The molecule has 7 rings (SSSR count). The minimum Gasteiger partial charge on any atom is -0.488 e. The van der Waals surface area contributed by atoms with Gasteiger partial charge in [-0.1, -0.05) is 12.1 Å². The molecule has 2 aromatic rings. The van der Waals surface area contributed by atoms with Gasteiger partial charge in [0.25, 0.3) is 0 Å². The Morgan fingerprint density at radius 1 is 0.973 bits per heavy atom. The minimum atomic E-state index is -0.358. The Balaban J connectivity index is 1.32. The lowest BCUT2D eigenvalue weighted by Gasteiger charge is -2.57. The summed E-state index contributed by atoms with van der Waals surface area (Å²) in [5.74, 6) is 3.82. The molecule has 4 aliphatic carbocycles. The predicted octanol–water partition coefficient (Wildman–Crippen LogP) is 5.87. The molecule has 0 saturated heterocycles. The standard InChI is InChI=1S/C31H36O6/c1-33-7-8-35-19-37-28-6-5-23(13-27(28)31-15-20-9-21(16-31)11-22(10-20)17-31)26-12-24-3-4-25(30(32)34-2)14-29(24)36-18-26/h3-6,12-14,20-22H,7-11,15-19H2,1-2H3. The van der Waals surface area contributed by atoms with Crippen molar-refractivity contribution in [3.8, 4) is 11.5 Å². The maximum absolute atomic E-state index is 11.9. The van der Waals surface area contributed by atoms with Gasteiger partial charge in [0.2, 0.25) is 0 Å². The summed E-state index contributed by atoms with van der Waals surface area (Å²) in [4.78, 5) is 11.9. The zero-order valence-electron chi connectivity index (χ0n) is 21.8. The number of carbonyl (C=O) groups is 1. The summed E-state index contributed by atoms with van der Waals surface area (Å²) in [7, 11) is 3.06. The topological polar surface area (TPSA) is 63.2 Å². The van der Waals surface area contributed by atoms with Crippen LogP contribution in [0.5, 0.6) is 11.5 Å². The maximum atomic E-state index is 11.9. The summed E-state index contributed by atoms with van der Waals surface area (Å²) >= 11 is 0. The Hall–Kier alpha value is -2.83. The molecule has 0 N–H and O–H groups in total. The number of benzene rings is 2. The second kappa shape index (κ2) is 10.1. The van der Waals surface area contributed by atoms with E-state index in [0.717, 1.165) is 34.6 Å². The van der Waals surface area contributed by atoms with E-state index in [9.17, 15) is 4.79 Å². The lowest BCUT2D eigenvalue weighted by molar-refractivity contribution is -0.0189. The molecule has 6 heteroatoms. The van der Waals surface area contributed by atoms with Gasteiger partial charge in [-0.3, -0.25) is 0 Å². The van der Waals surface area contributed by atoms with Crippen molar-refractivity contribution < 1.29 is 28.5 Å². The highest BCUT2D eigenvalue weighted by atomic mass is 16.7. The van der Waals surface area contributed by atoms with Crippen molar-refractivity contribution in [3.63, 3.8) is 0 Å². The lowest BCUT2D eigenvalue weighted by atomic mass is 9.48. The first-order valence-corrected chi connectivity index (χ1v) is 13.5. The number of hydrogen-bond acceptors (Lipinski definition) is 6. The number of fused-ring (bicyclic) bond motifs is 1. The number of rotatable bonds is 9. The number of ether oxygens (including phenoxy) is 5. The molecule has 4 bridgehead atoms. The van der Waals surface area contributed by atoms with Gasteiger partial charge in [-0.2, -0.15) is 0 Å². The Labute approximate surface area is 218 Å². The van der Waals surface area contributed by atoms with Crippen LogP contribution in [0, 0.1) is 17.8 Å². The average Bonchev–Trinajstić information content (AvgIpc) is 2.91. The van der Waals surface area contributed by atoms with E-state index in [2.05, 4.69) is 24.3 Å². The molecule has 6 nitrogen and oxygen atoms in total. The van der Waals surface area contributed by atoms with Crippen LogP contribution in [0.2, 0.25) is 0 Å². The van der Waals surface area contributed by atoms with Gasteiger partial charge in [-0.05, 0) is 103 Å².